The molecule has 1 aromatic rings. The Morgan fingerprint density at radius 2 is 2.03 bits per heavy atom. The molecule has 1 saturated heterocycles. The van der Waals surface area contributed by atoms with Crippen LogP contribution in [0.3, 0.4) is 0 Å². The predicted molar refractivity (Wildman–Crippen MR) is 106 cm³/mol. The molecular formula is C21H29N3O5. The molecule has 8 heteroatoms. The molecule has 0 aromatic heterocycles. The fourth-order valence-electron chi connectivity index (χ4n) is 3.41. The van der Waals surface area contributed by atoms with Crippen molar-refractivity contribution in [2.24, 2.45) is 0 Å². The van der Waals surface area contributed by atoms with Gasteiger partial charge in [0.15, 0.2) is 5.78 Å². The third-order valence-corrected chi connectivity index (χ3v) is 5.00. The van der Waals surface area contributed by atoms with E-state index < -0.39 is 18.0 Å². The lowest BCUT2D eigenvalue weighted by molar-refractivity contribution is -0.129. The molecule has 1 aromatic carbocycles. The van der Waals surface area contributed by atoms with Gasteiger partial charge in [0.1, 0.15) is 6.04 Å². The minimum atomic E-state index is -0.646. The van der Waals surface area contributed by atoms with Crippen molar-refractivity contribution in [3.63, 3.8) is 0 Å². The van der Waals surface area contributed by atoms with E-state index in [1.54, 1.807) is 5.48 Å². The first kappa shape index (κ1) is 22.5. The third-order valence-electron chi connectivity index (χ3n) is 5.00. The largest absolute Gasteiger partial charge is 0.344 e. The Morgan fingerprint density at radius 1 is 1.24 bits per heavy atom. The van der Waals surface area contributed by atoms with Crippen LogP contribution in [-0.4, -0.2) is 40.8 Å². The van der Waals surface area contributed by atoms with E-state index in [0.29, 0.717) is 38.5 Å². The quantitative estimate of drug-likeness (QED) is 0.252. The number of hydrogen-bond acceptors (Lipinski definition) is 5. The summed E-state index contributed by atoms with van der Waals surface area (Å²) in [6, 6.07) is 6.44. The highest BCUT2D eigenvalue weighted by Gasteiger charge is 2.30. The van der Waals surface area contributed by atoms with E-state index in [1.165, 1.54) is 0 Å². The molecule has 29 heavy (non-hydrogen) atoms. The molecule has 0 unspecified atom stereocenters. The number of unbranched alkanes of at least 4 members (excludes halogenated alkanes) is 2. The van der Waals surface area contributed by atoms with Crippen LogP contribution in [0.1, 0.15) is 56.1 Å². The summed E-state index contributed by atoms with van der Waals surface area (Å²) < 4.78 is 0. The number of carbonyl (C=O) groups is 4. The van der Waals surface area contributed by atoms with E-state index in [0.717, 1.165) is 11.1 Å². The Hall–Kier alpha value is -2.74. The zero-order valence-corrected chi connectivity index (χ0v) is 16.7. The van der Waals surface area contributed by atoms with Gasteiger partial charge in [-0.15, -0.1) is 0 Å². The first-order valence-corrected chi connectivity index (χ1v) is 10.00. The zero-order chi connectivity index (χ0) is 21.2. The minimum Gasteiger partial charge on any atom is -0.344 e. The highest BCUT2D eigenvalue weighted by Crippen LogP contribution is 2.13. The van der Waals surface area contributed by atoms with E-state index in [9.17, 15) is 19.2 Å². The lowest BCUT2D eigenvalue weighted by Gasteiger charge is -2.20. The van der Waals surface area contributed by atoms with Crippen molar-refractivity contribution in [1.82, 2.24) is 16.1 Å². The van der Waals surface area contributed by atoms with E-state index in [2.05, 4.69) is 10.6 Å². The molecule has 0 bridgehead atoms. The van der Waals surface area contributed by atoms with Crippen molar-refractivity contribution >= 4 is 23.5 Å². The Bertz CT molecular complexity index is 750. The van der Waals surface area contributed by atoms with Gasteiger partial charge in [0.05, 0.1) is 6.04 Å². The fraction of sp³-hybridized carbons (Fsp3) is 0.524. The molecule has 1 aliphatic rings. The molecule has 1 fully saturated rings. The second-order valence-corrected chi connectivity index (χ2v) is 7.49. The maximum absolute atomic E-state index is 12.9. The number of carbonyl (C=O) groups excluding carboxylic acids is 4. The van der Waals surface area contributed by atoms with Crippen molar-refractivity contribution in [3.05, 3.63) is 35.4 Å². The van der Waals surface area contributed by atoms with Crippen LogP contribution in [0.4, 0.5) is 0 Å². The van der Waals surface area contributed by atoms with Gasteiger partial charge in [0.25, 0.3) is 0 Å². The molecule has 8 nitrogen and oxygen atoms in total. The van der Waals surface area contributed by atoms with Crippen LogP contribution in [0.5, 0.6) is 0 Å². The summed E-state index contributed by atoms with van der Waals surface area (Å²) in [5.41, 5.74) is 3.54. The number of ketones is 1. The molecule has 0 spiro atoms. The second-order valence-electron chi connectivity index (χ2n) is 7.49. The number of benzene rings is 1. The molecule has 0 radical (unpaired) electrons. The van der Waals surface area contributed by atoms with Crippen LogP contribution in [-0.2, 0) is 25.6 Å². The Kier molecular flexibility index (Phi) is 8.79. The lowest BCUT2D eigenvalue weighted by atomic mass is 9.97. The van der Waals surface area contributed by atoms with Crippen molar-refractivity contribution in [1.29, 1.82) is 0 Å². The van der Waals surface area contributed by atoms with Crippen molar-refractivity contribution in [2.45, 2.75) is 70.4 Å². The zero-order valence-electron chi connectivity index (χ0n) is 16.7. The number of nitrogens with one attached hydrogen (secondary N) is 3. The van der Waals surface area contributed by atoms with Crippen molar-refractivity contribution in [3.8, 4) is 0 Å². The Balaban J connectivity index is 1.93. The second kappa shape index (κ2) is 11.3. The minimum absolute atomic E-state index is 0.0821. The maximum atomic E-state index is 12.9. The number of amides is 3. The molecule has 158 valence electrons. The molecule has 1 aliphatic heterocycles. The number of rotatable bonds is 11. The molecular weight excluding hydrogens is 374 g/mol. The van der Waals surface area contributed by atoms with E-state index in [1.807, 2.05) is 31.2 Å². The molecule has 0 aliphatic carbocycles. The van der Waals surface area contributed by atoms with Gasteiger partial charge in [-0.05, 0) is 31.7 Å². The summed E-state index contributed by atoms with van der Waals surface area (Å²) in [7, 11) is 0. The first-order valence-electron chi connectivity index (χ1n) is 10.00. The average Bonchev–Trinajstić information content (AvgIpc) is 3.13. The SMILES string of the molecule is Cc1cccc(CC(=O)[C@H](CCCCCC(=O)NO)NC(=O)[C@H]2CCC(=O)N2)c1. The van der Waals surface area contributed by atoms with Crippen LogP contribution in [0.2, 0.25) is 0 Å². The van der Waals surface area contributed by atoms with Gasteiger partial charge >= 0.3 is 0 Å². The molecule has 3 amide bonds. The summed E-state index contributed by atoms with van der Waals surface area (Å²) in [4.78, 5) is 47.8. The van der Waals surface area contributed by atoms with Gasteiger partial charge in [-0.25, -0.2) is 5.48 Å². The van der Waals surface area contributed by atoms with Crippen LogP contribution in [0.15, 0.2) is 24.3 Å². The van der Waals surface area contributed by atoms with Gasteiger partial charge < -0.3 is 10.6 Å². The highest BCUT2D eigenvalue weighted by molar-refractivity contribution is 5.95. The van der Waals surface area contributed by atoms with Gasteiger partial charge in [-0.1, -0.05) is 42.7 Å². The molecule has 4 N–H and O–H groups in total. The average molecular weight is 403 g/mol. The third kappa shape index (κ3) is 7.65. The molecule has 1 heterocycles. The van der Waals surface area contributed by atoms with Gasteiger partial charge in [0, 0.05) is 19.3 Å². The van der Waals surface area contributed by atoms with Crippen LogP contribution in [0.25, 0.3) is 0 Å². The van der Waals surface area contributed by atoms with Gasteiger partial charge in [-0.3, -0.25) is 24.4 Å². The van der Waals surface area contributed by atoms with E-state index in [4.69, 9.17) is 5.21 Å². The van der Waals surface area contributed by atoms with Gasteiger partial charge in [0.2, 0.25) is 17.7 Å². The standard InChI is InChI=1S/C21H29N3O5/c1-14-6-5-7-15(12-14)13-18(25)16(8-3-2-4-9-20(27)24-29)23-21(28)17-10-11-19(26)22-17/h5-7,12,16-17,29H,2-4,8-11,13H2,1H3,(H,22,26)(H,23,28)(H,24,27)/t16-,17+/m0/s1. The Labute approximate surface area is 170 Å². The summed E-state index contributed by atoms with van der Waals surface area (Å²) in [5, 5.41) is 13.9. The van der Waals surface area contributed by atoms with E-state index in [-0.39, 0.29) is 30.4 Å². The number of hydrogen-bond donors (Lipinski definition) is 4. The van der Waals surface area contributed by atoms with E-state index >= 15 is 0 Å². The highest BCUT2D eigenvalue weighted by atomic mass is 16.5. The molecule has 0 saturated carbocycles. The topological polar surface area (TPSA) is 125 Å². The number of hydroxylamine groups is 1. The van der Waals surface area contributed by atoms with Crippen molar-refractivity contribution in [2.75, 3.05) is 0 Å². The summed E-state index contributed by atoms with van der Waals surface area (Å²) >= 11 is 0. The lowest BCUT2D eigenvalue weighted by Crippen LogP contribution is -2.49. The fourth-order valence-corrected chi connectivity index (χ4v) is 3.41. The summed E-state index contributed by atoms with van der Waals surface area (Å²) in [6.07, 6.45) is 3.55. The molecule has 2 atom stereocenters. The first-order chi connectivity index (χ1) is 13.9. The van der Waals surface area contributed by atoms with Crippen LogP contribution in [0, 0.1) is 6.92 Å². The normalized spacial score (nSPS) is 16.8. The number of aryl methyl sites for hydroxylation is 1. The van der Waals surface area contributed by atoms with Crippen LogP contribution < -0.4 is 16.1 Å². The summed E-state index contributed by atoms with van der Waals surface area (Å²) in [6.45, 7) is 1.96. The number of Topliss-reactive ketones (excluding diaryl/α,β-unsaturated/α-hetero) is 1. The smallest absolute Gasteiger partial charge is 0.243 e. The monoisotopic (exact) mass is 403 g/mol. The van der Waals surface area contributed by atoms with Crippen molar-refractivity contribution < 1.29 is 24.4 Å². The predicted octanol–water partition coefficient (Wildman–Crippen LogP) is 1.33. The summed E-state index contributed by atoms with van der Waals surface area (Å²) in [5.74, 6) is -1.02. The maximum Gasteiger partial charge on any atom is 0.243 e. The van der Waals surface area contributed by atoms with Gasteiger partial charge in [-0.2, -0.15) is 0 Å². The Morgan fingerprint density at radius 3 is 2.69 bits per heavy atom. The molecule has 2 rings (SSSR count). The van der Waals surface area contributed by atoms with Crippen LogP contribution >= 0.6 is 0 Å².